The molecule has 0 aromatic rings. The van der Waals surface area contributed by atoms with Crippen LogP contribution in [-0.4, -0.2) is 30.6 Å². The Morgan fingerprint density at radius 2 is 2.00 bits per heavy atom. The van der Waals surface area contributed by atoms with E-state index in [1.165, 1.54) is 26.1 Å². The zero-order valence-electron chi connectivity index (χ0n) is 10.2. The van der Waals surface area contributed by atoms with Crippen molar-refractivity contribution in [2.45, 2.75) is 46.6 Å². The van der Waals surface area contributed by atoms with Gasteiger partial charge in [-0.25, -0.2) is 0 Å². The summed E-state index contributed by atoms with van der Waals surface area (Å²) < 4.78 is 0. The minimum Gasteiger partial charge on any atom is -0.327 e. The summed E-state index contributed by atoms with van der Waals surface area (Å²) in [5.74, 6) is 0.616. The molecule has 1 aliphatic rings. The van der Waals surface area contributed by atoms with E-state index in [-0.39, 0.29) is 0 Å². The molecule has 1 unspecified atom stereocenters. The monoisotopic (exact) mass is 198 g/mol. The summed E-state index contributed by atoms with van der Waals surface area (Å²) in [6.07, 6.45) is 2.48. The average Bonchev–Trinajstić information content (AvgIpc) is 2.41. The van der Waals surface area contributed by atoms with E-state index in [0.29, 0.717) is 17.4 Å². The van der Waals surface area contributed by atoms with E-state index in [2.05, 4.69) is 32.6 Å². The third kappa shape index (κ3) is 3.58. The molecular formula is C12H26N2. The molecule has 1 saturated heterocycles. The highest BCUT2D eigenvalue weighted by Gasteiger charge is 2.28. The van der Waals surface area contributed by atoms with Gasteiger partial charge in [-0.1, -0.05) is 27.7 Å². The fourth-order valence-corrected chi connectivity index (χ4v) is 2.08. The number of nitrogens with zero attached hydrogens (tertiary/aromatic N) is 1. The van der Waals surface area contributed by atoms with Crippen LogP contribution in [0, 0.1) is 11.3 Å². The number of hydrogen-bond acceptors (Lipinski definition) is 2. The Kier molecular flexibility index (Phi) is 3.96. The van der Waals surface area contributed by atoms with Gasteiger partial charge in [0.2, 0.25) is 0 Å². The van der Waals surface area contributed by atoms with Gasteiger partial charge in [-0.15, -0.1) is 0 Å². The number of nitrogens with two attached hydrogens (primary N) is 1. The quantitative estimate of drug-likeness (QED) is 0.749. The largest absolute Gasteiger partial charge is 0.327 e. The first-order valence-corrected chi connectivity index (χ1v) is 5.89. The van der Waals surface area contributed by atoms with Crippen molar-refractivity contribution in [1.82, 2.24) is 4.90 Å². The zero-order chi connectivity index (χ0) is 10.8. The Morgan fingerprint density at radius 3 is 2.43 bits per heavy atom. The molecular weight excluding hydrogens is 172 g/mol. The lowest BCUT2D eigenvalue weighted by molar-refractivity contribution is 0.271. The van der Waals surface area contributed by atoms with Crippen LogP contribution in [0.1, 0.15) is 40.5 Å². The van der Waals surface area contributed by atoms with E-state index in [4.69, 9.17) is 5.73 Å². The van der Waals surface area contributed by atoms with Crippen molar-refractivity contribution in [1.29, 1.82) is 0 Å². The van der Waals surface area contributed by atoms with Crippen LogP contribution in [0.3, 0.4) is 0 Å². The Balaban J connectivity index is 2.21. The maximum Gasteiger partial charge on any atom is 0.00740 e. The molecule has 0 aromatic heterocycles. The molecule has 0 bridgehead atoms. The molecule has 1 aliphatic heterocycles. The van der Waals surface area contributed by atoms with Crippen LogP contribution in [0.2, 0.25) is 0 Å². The van der Waals surface area contributed by atoms with Gasteiger partial charge >= 0.3 is 0 Å². The Bertz CT molecular complexity index is 175. The Hall–Kier alpha value is -0.0800. The second-order valence-electron chi connectivity index (χ2n) is 5.89. The minimum atomic E-state index is 0.374. The van der Waals surface area contributed by atoms with Gasteiger partial charge in [0.1, 0.15) is 0 Å². The Labute approximate surface area is 88.8 Å². The predicted octanol–water partition coefficient (Wildman–Crippen LogP) is 2.09. The molecule has 1 fully saturated rings. The first kappa shape index (κ1) is 12.0. The van der Waals surface area contributed by atoms with E-state index >= 15 is 0 Å². The molecule has 1 rings (SSSR count). The third-order valence-corrected chi connectivity index (χ3v) is 3.39. The maximum atomic E-state index is 6.04. The summed E-state index contributed by atoms with van der Waals surface area (Å²) >= 11 is 0. The summed E-state index contributed by atoms with van der Waals surface area (Å²) in [4.78, 5) is 2.56. The smallest absolute Gasteiger partial charge is 0.00740 e. The molecule has 0 spiro atoms. The second-order valence-corrected chi connectivity index (χ2v) is 5.89. The summed E-state index contributed by atoms with van der Waals surface area (Å²) in [7, 11) is 0. The molecule has 1 atom stereocenters. The molecule has 0 amide bonds. The van der Waals surface area contributed by atoms with Gasteiger partial charge in [-0.3, -0.25) is 0 Å². The highest BCUT2D eigenvalue weighted by Crippen LogP contribution is 2.28. The lowest BCUT2D eigenvalue weighted by atomic mass is 9.93. The summed E-state index contributed by atoms with van der Waals surface area (Å²) in [5.41, 5.74) is 6.57. The third-order valence-electron chi connectivity index (χ3n) is 3.39. The molecule has 14 heavy (non-hydrogen) atoms. The van der Waals surface area contributed by atoms with Crippen molar-refractivity contribution in [2.75, 3.05) is 19.6 Å². The highest BCUT2D eigenvalue weighted by molar-refractivity contribution is 4.83. The molecule has 0 aliphatic carbocycles. The molecule has 2 nitrogen and oxygen atoms in total. The topological polar surface area (TPSA) is 29.3 Å². The van der Waals surface area contributed by atoms with Crippen molar-refractivity contribution in [3.8, 4) is 0 Å². The lowest BCUT2D eigenvalue weighted by Gasteiger charge is -2.22. The van der Waals surface area contributed by atoms with Gasteiger partial charge in [0.05, 0.1) is 0 Å². The van der Waals surface area contributed by atoms with Crippen molar-refractivity contribution in [2.24, 2.45) is 17.1 Å². The average molecular weight is 198 g/mol. The van der Waals surface area contributed by atoms with Crippen molar-refractivity contribution < 1.29 is 0 Å². The number of rotatable bonds is 4. The second kappa shape index (κ2) is 4.63. The van der Waals surface area contributed by atoms with E-state index in [9.17, 15) is 0 Å². The minimum absolute atomic E-state index is 0.374. The van der Waals surface area contributed by atoms with Crippen LogP contribution in [-0.2, 0) is 0 Å². The van der Waals surface area contributed by atoms with Gasteiger partial charge in [0.25, 0.3) is 0 Å². The van der Waals surface area contributed by atoms with Crippen LogP contribution in [0.5, 0.6) is 0 Å². The fraction of sp³-hybridized carbons (Fsp3) is 1.00. The summed E-state index contributed by atoms with van der Waals surface area (Å²) in [5, 5.41) is 0. The van der Waals surface area contributed by atoms with Gasteiger partial charge in [0.15, 0.2) is 0 Å². The van der Waals surface area contributed by atoms with E-state index in [0.717, 1.165) is 6.42 Å². The van der Waals surface area contributed by atoms with Crippen molar-refractivity contribution in [3.63, 3.8) is 0 Å². The fourth-order valence-electron chi connectivity index (χ4n) is 2.08. The molecule has 0 saturated carbocycles. The first-order chi connectivity index (χ1) is 6.41. The zero-order valence-corrected chi connectivity index (χ0v) is 10.2. The Morgan fingerprint density at radius 1 is 1.36 bits per heavy atom. The molecule has 84 valence electrons. The van der Waals surface area contributed by atoms with Crippen LogP contribution in [0.4, 0.5) is 0 Å². The SMILES string of the molecule is CC(C)C(N)CCN1CCC(C)(C)C1. The van der Waals surface area contributed by atoms with Crippen LogP contribution < -0.4 is 5.73 Å². The number of hydrogen-bond donors (Lipinski definition) is 1. The molecule has 2 heteroatoms. The maximum absolute atomic E-state index is 6.04. The normalized spacial score (nSPS) is 24.4. The predicted molar refractivity (Wildman–Crippen MR) is 62.3 cm³/mol. The van der Waals surface area contributed by atoms with Gasteiger partial charge in [0, 0.05) is 12.6 Å². The summed E-state index contributed by atoms with van der Waals surface area (Å²) in [6.45, 7) is 12.8. The first-order valence-electron chi connectivity index (χ1n) is 5.89. The van der Waals surface area contributed by atoms with Gasteiger partial charge in [-0.05, 0) is 37.3 Å². The molecule has 0 aromatic carbocycles. The van der Waals surface area contributed by atoms with E-state index in [1.54, 1.807) is 0 Å². The van der Waals surface area contributed by atoms with Crippen molar-refractivity contribution >= 4 is 0 Å². The molecule has 0 radical (unpaired) electrons. The lowest BCUT2D eigenvalue weighted by Crippen LogP contribution is -2.33. The summed E-state index contributed by atoms with van der Waals surface area (Å²) in [6, 6.07) is 0.374. The van der Waals surface area contributed by atoms with Crippen LogP contribution in [0.25, 0.3) is 0 Å². The van der Waals surface area contributed by atoms with Gasteiger partial charge < -0.3 is 10.6 Å². The standard InChI is InChI=1S/C12H26N2/c1-10(2)11(13)5-7-14-8-6-12(3,4)9-14/h10-11H,5-9,13H2,1-4H3. The van der Waals surface area contributed by atoms with E-state index < -0.39 is 0 Å². The number of likely N-dealkylation sites (tertiary alicyclic amines) is 1. The van der Waals surface area contributed by atoms with E-state index in [1.807, 2.05) is 0 Å². The van der Waals surface area contributed by atoms with Crippen LogP contribution >= 0.6 is 0 Å². The van der Waals surface area contributed by atoms with Crippen molar-refractivity contribution in [3.05, 3.63) is 0 Å². The van der Waals surface area contributed by atoms with Crippen LogP contribution in [0.15, 0.2) is 0 Å². The molecule has 1 heterocycles. The molecule has 2 N–H and O–H groups in total. The van der Waals surface area contributed by atoms with Gasteiger partial charge in [-0.2, -0.15) is 0 Å². The highest BCUT2D eigenvalue weighted by atomic mass is 15.1.